The fraction of sp³-hybridized carbons (Fsp3) is 0.250. The van der Waals surface area contributed by atoms with Crippen LogP contribution in [0.1, 0.15) is 34.5 Å². The molecule has 1 saturated heterocycles. The Balaban J connectivity index is 1.16. The van der Waals surface area contributed by atoms with Gasteiger partial charge in [-0.05, 0) is 52.9 Å². The summed E-state index contributed by atoms with van der Waals surface area (Å²) >= 11 is 0. The number of hydrogen-bond donors (Lipinski definition) is 1. The van der Waals surface area contributed by atoms with E-state index in [-0.39, 0.29) is 23.5 Å². The first kappa shape index (κ1) is 29.7. The molecule has 7 rings (SSSR count). The second kappa shape index (κ2) is 11.4. The van der Waals surface area contributed by atoms with Crippen LogP contribution in [0.3, 0.4) is 0 Å². The Kier molecular flexibility index (Phi) is 7.39. The summed E-state index contributed by atoms with van der Waals surface area (Å²) in [6.45, 7) is 1.14. The summed E-state index contributed by atoms with van der Waals surface area (Å²) in [6.07, 6.45) is 2.62. The highest BCUT2D eigenvalue weighted by molar-refractivity contribution is 7.92. The minimum atomic E-state index is -3.47. The third-order valence-electron chi connectivity index (χ3n) is 9.34. The molecule has 9 nitrogen and oxygen atoms in total. The molecule has 10 heteroatoms. The standard InChI is InChI=1S/C36H33N3O6S/c1-46(43,44)39-23-36(28-11-5-6-12-30(28)39)16-18-38(19-17-36)35(42)29(21-24-14-15-25-8-2-3-9-26(25)20-24)37-34(41)33-22-31(40)27-10-4-7-13-32(27)45-33/h2-15,20,22,29H,16-19,21,23H2,1H3,(H,37,41)/t29-/m1/s1. The van der Waals surface area contributed by atoms with E-state index in [0.717, 1.165) is 28.0 Å². The predicted octanol–water partition coefficient (Wildman–Crippen LogP) is 4.63. The molecule has 1 N–H and O–H groups in total. The SMILES string of the molecule is CS(=O)(=O)N1CC2(CCN(C(=O)[C@@H](Cc3ccc4ccccc4c3)NC(=O)c3cc(=O)c4ccccc4o3)CC2)c2ccccc21. The Labute approximate surface area is 266 Å². The summed E-state index contributed by atoms with van der Waals surface area (Å²) in [6, 6.07) is 28.4. The Morgan fingerprint density at radius 1 is 0.891 bits per heavy atom. The number of amides is 2. The lowest BCUT2D eigenvalue weighted by Gasteiger charge is -2.41. The number of benzene rings is 4. The highest BCUT2D eigenvalue weighted by Crippen LogP contribution is 2.47. The van der Waals surface area contributed by atoms with Crippen molar-refractivity contribution in [3.8, 4) is 0 Å². The number of sulfonamides is 1. The van der Waals surface area contributed by atoms with Crippen LogP contribution >= 0.6 is 0 Å². The summed E-state index contributed by atoms with van der Waals surface area (Å²) in [7, 11) is -3.47. The van der Waals surface area contributed by atoms with E-state index in [1.165, 1.54) is 10.6 Å². The van der Waals surface area contributed by atoms with E-state index in [1.807, 2.05) is 66.7 Å². The zero-order chi connectivity index (χ0) is 32.1. The maximum absolute atomic E-state index is 14.2. The van der Waals surface area contributed by atoms with Crippen LogP contribution in [0.5, 0.6) is 0 Å². The van der Waals surface area contributed by atoms with E-state index in [9.17, 15) is 22.8 Å². The van der Waals surface area contributed by atoms with Gasteiger partial charge in [0.25, 0.3) is 5.91 Å². The van der Waals surface area contributed by atoms with Crippen molar-refractivity contribution in [1.82, 2.24) is 10.2 Å². The van der Waals surface area contributed by atoms with E-state index in [1.54, 1.807) is 29.2 Å². The zero-order valence-electron chi connectivity index (χ0n) is 25.3. The highest BCUT2D eigenvalue weighted by Gasteiger charge is 2.47. The van der Waals surface area contributed by atoms with Crippen LogP contribution in [0.2, 0.25) is 0 Å². The van der Waals surface area contributed by atoms with Gasteiger partial charge in [-0.25, -0.2) is 8.42 Å². The van der Waals surface area contributed by atoms with Gasteiger partial charge in [-0.1, -0.05) is 72.8 Å². The van der Waals surface area contributed by atoms with Gasteiger partial charge in [-0.15, -0.1) is 0 Å². The molecular formula is C36H33N3O6S. The van der Waals surface area contributed by atoms with Crippen molar-refractivity contribution in [2.45, 2.75) is 30.7 Å². The molecule has 0 unspecified atom stereocenters. The van der Waals surface area contributed by atoms with Gasteiger partial charge in [0.05, 0.1) is 17.3 Å². The van der Waals surface area contributed by atoms with Crippen LogP contribution in [-0.4, -0.2) is 57.1 Å². The Morgan fingerprint density at radius 3 is 2.37 bits per heavy atom. The number of fused-ring (bicyclic) bond motifs is 4. The number of nitrogens with zero attached hydrogens (tertiary/aromatic N) is 2. The quantitative estimate of drug-likeness (QED) is 0.291. The van der Waals surface area contributed by atoms with E-state index < -0.39 is 27.4 Å². The van der Waals surface area contributed by atoms with Gasteiger partial charge >= 0.3 is 0 Å². The van der Waals surface area contributed by atoms with Crippen molar-refractivity contribution < 1.29 is 22.4 Å². The average Bonchev–Trinajstić information content (AvgIpc) is 3.38. The number of anilines is 1. The molecule has 1 atom stereocenters. The van der Waals surface area contributed by atoms with Crippen molar-refractivity contribution >= 4 is 49.3 Å². The minimum Gasteiger partial charge on any atom is -0.451 e. The first-order chi connectivity index (χ1) is 22.1. The largest absolute Gasteiger partial charge is 0.451 e. The summed E-state index contributed by atoms with van der Waals surface area (Å²) in [4.78, 5) is 42.2. The first-order valence-corrected chi connectivity index (χ1v) is 17.1. The normalized spacial score (nSPS) is 16.5. The van der Waals surface area contributed by atoms with Crippen LogP contribution in [0.25, 0.3) is 21.7 Å². The molecule has 3 heterocycles. The van der Waals surface area contributed by atoms with Crippen LogP contribution in [0, 0.1) is 0 Å². The van der Waals surface area contributed by atoms with Gasteiger partial charge in [0.15, 0.2) is 11.2 Å². The van der Waals surface area contributed by atoms with E-state index in [0.29, 0.717) is 49.1 Å². The van der Waals surface area contributed by atoms with Crippen LogP contribution in [-0.2, 0) is 26.7 Å². The van der Waals surface area contributed by atoms with Crippen molar-refractivity contribution in [1.29, 1.82) is 0 Å². The monoisotopic (exact) mass is 635 g/mol. The van der Waals surface area contributed by atoms with E-state index in [2.05, 4.69) is 5.32 Å². The number of carbonyl (C=O) groups is 2. The topological polar surface area (TPSA) is 117 Å². The molecule has 5 aromatic rings. The molecule has 0 bridgehead atoms. The molecule has 46 heavy (non-hydrogen) atoms. The summed E-state index contributed by atoms with van der Waals surface area (Å²) in [5, 5.41) is 5.33. The lowest BCUT2D eigenvalue weighted by molar-refractivity contribution is -0.134. The molecule has 0 aliphatic carbocycles. The molecule has 0 radical (unpaired) electrons. The Morgan fingerprint density at radius 2 is 1.59 bits per heavy atom. The van der Waals surface area contributed by atoms with Crippen molar-refractivity contribution in [3.05, 3.63) is 124 Å². The number of hydrogen-bond acceptors (Lipinski definition) is 6. The Hall–Kier alpha value is -4.96. The van der Waals surface area contributed by atoms with Crippen LogP contribution < -0.4 is 15.1 Å². The van der Waals surface area contributed by atoms with Crippen LogP contribution in [0.15, 0.2) is 106 Å². The lowest BCUT2D eigenvalue weighted by atomic mass is 9.74. The fourth-order valence-electron chi connectivity index (χ4n) is 6.93. The number of rotatable bonds is 6. The van der Waals surface area contributed by atoms with Crippen molar-refractivity contribution in [2.75, 3.05) is 30.2 Å². The predicted molar refractivity (Wildman–Crippen MR) is 178 cm³/mol. The van der Waals surface area contributed by atoms with Gasteiger partial charge in [-0.3, -0.25) is 18.7 Å². The second-order valence-electron chi connectivity index (χ2n) is 12.3. The number of carbonyl (C=O) groups excluding carboxylic acids is 2. The first-order valence-electron chi connectivity index (χ1n) is 15.3. The fourth-order valence-corrected chi connectivity index (χ4v) is 7.93. The summed E-state index contributed by atoms with van der Waals surface area (Å²) in [5.74, 6) is -1.06. The van der Waals surface area contributed by atoms with Crippen molar-refractivity contribution in [2.24, 2.45) is 0 Å². The average molecular weight is 636 g/mol. The molecule has 2 aliphatic rings. The molecule has 1 aromatic heterocycles. The van der Waals surface area contributed by atoms with Gasteiger partial charge < -0.3 is 14.6 Å². The van der Waals surface area contributed by atoms with Gasteiger partial charge in [-0.2, -0.15) is 0 Å². The smallest absolute Gasteiger partial charge is 0.287 e. The molecule has 4 aromatic carbocycles. The lowest BCUT2D eigenvalue weighted by Crippen LogP contribution is -2.54. The molecular weight excluding hydrogens is 602 g/mol. The summed E-state index contributed by atoms with van der Waals surface area (Å²) < 4.78 is 32.5. The number of nitrogens with one attached hydrogen (secondary N) is 1. The highest BCUT2D eigenvalue weighted by atomic mass is 32.2. The van der Waals surface area contributed by atoms with Gasteiger partial charge in [0.1, 0.15) is 11.6 Å². The molecule has 0 saturated carbocycles. The third kappa shape index (κ3) is 5.43. The molecule has 1 fully saturated rings. The number of likely N-dealkylation sites (tertiary alicyclic amines) is 1. The number of para-hydroxylation sites is 2. The maximum atomic E-state index is 14.2. The minimum absolute atomic E-state index is 0.166. The van der Waals surface area contributed by atoms with Crippen molar-refractivity contribution in [3.63, 3.8) is 0 Å². The zero-order valence-corrected chi connectivity index (χ0v) is 26.1. The Bertz CT molecular complexity index is 2170. The molecule has 2 amide bonds. The van der Waals surface area contributed by atoms with E-state index >= 15 is 0 Å². The number of piperidine rings is 1. The maximum Gasteiger partial charge on any atom is 0.287 e. The summed E-state index contributed by atoms with van der Waals surface area (Å²) in [5.41, 5.74) is 2.11. The van der Waals surface area contributed by atoms with Crippen LogP contribution in [0.4, 0.5) is 5.69 Å². The van der Waals surface area contributed by atoms with E-state index in [4.69, 9.17) is 4.42 Å². The van der Waals surface area contributed by atoms with Gasteiger partial charge in [0.2, 0.25) is 15.9 Å². The second-order valence-corrected chi connectivity index (χ2v) is 14.2. The van der Waals surface area contributed by atoms with Gasteiger partial charge in [0, 0.05) is 37.5 Å². The molecule has 1 spiro atoms. The molecule has 2 aliphatic heterocycles. The molecule has 234 valence electrons. The third-order valence-corrected chi connectivity index (χ3v) is 10.5.